The quantitative estimate of drug-likeness (QED) is 0.656. The van der Waals surface area contributed by atoms with Crippen molar-refractivity contribution >= 4 is 34.5 Å². The van der Waals surface area contributed by atoms with Gasteiger partial charge in [0.25, 0.3) is 0 Å². The van der Waals surface area contributed by atoms with E-state index in [2.05, 4.69) is 32.2 Å². The molecular weight excluding hydrogens is 354 g/mol. The second kappa shape index (κ2) is 9.18. The molecule has 27 heavy (non-hydrogen) atoms. The number of allylic oxidation sites excluding steroid dienone is 1. The Labute approximate surface area is 165 Å². The monoisotopic (exact) mass is 381 g/mol. The van der Waals surface area contributed by atoms with Gasteiger partial charge in [-0.15, -0.1) is 11.8 Å². The molecule has 0 amide bonds. The van der Waals surface area contributed by atoms with Crippen molar-refractivity contribution in [2.24, 2.45) is 0 Å². The van der Waals surface area contributed by atoms with Crippen molar-refractivity contribution in [3.8, 4) is 0 Å². The molecule has 2 aromatic rings. The van der Waals surface area contributed by atoms with E-state index in [1.54, 1.807) is 0 Å². The number of nitrogens with one attached hydrogen (secondary N) is 1. The van der Waals surface area contributed by atoms with Crippen LogP contribution in [0.3, 0.4) is 0 Å². The number of thioether (sulfide) groups is 1. The van der Waals surface area contributed by atoms with Crippen LogP contribution in [-0.4, -0.2) is 21.5 Å². The molecule has 1 unspecified atom stereocenters. The fourth-order valence-electron chi connectivity index (χ4n) is 3.28. The van der Waals surface area contributed by atoms with Crippen molar-refractivity contribution in [3.05, 3.63) is 53.0 Å². The summed E-state index contributed by atoms with van der Waals surface area (Å²) in [5.41, 5.74) is 4.28. The molecule has 0 aliphatic carbocycles. The van der Waals surface area contributed by atoms with E-state index in [9.17, 15) is 4.79 Å². The van der Waals surface area contributed by atoms with E-state index in [4.69, 9.17) is 9.97 Å². The van der Waals surface area contributed by atoms with Gasteiger partial charge in [0.2, 0.25) is 0 Å². The molecule has 0 spiro atoms. The van der Waals surface area contributed by atoms with Crippen LogP contribution < -0.4 is 5.32 Å². The van der Waals surface area contributed by atoms with Crippen molar-refractivity contribution in [1.82, 2.24) is 9.97 Å². The lowest BCUT2D eigenvalue weighted by molar-refractivity contribution is -0.107. The second-order valence-electron chi connectivity index (χ2n) is 6.80. The maximum atomic E-state index is 10.7. The molecule has 2 heterocycles. The number of hydrogen-bond donors (Lipinski definition) is 1. The highest BCUT2D eigenvalue weighted by Crippen LogP contribution is 2.37. The van der Waals surface area contributed by atoms with Gasteiger partial charge in [-0.05, 0) is 43.4 Å². The Bertz CT molecular complexity index is 830. The largest absolute Gasteiger partial charge is 0.340 e. The molecule has 142 valence electrons. The molecule has 0 radical (unpaired) electrons. The van der Waals surface area contributed by atoms with Crippen LogP contribution in [0.4, 0.5) is 11.5 Å². The maximum absolute atomic E-state index is 10.7. The van der Waals surface area contributed by atoms with Crippen LogP contribution in [0.15, 0.2) is 30.3 Å². The van der Waals surface area contributed by atoms with Gasteiger partial charge >= 0.3 is 0 Å². The van der Waals surface area contributed by atoms with E-state index in [-0.39, 0.29) is 0 Å². The summed E-state index contributed by atoms with van der Waals surface area (Å²) in [4.78, 5) is 21.6. The first kappa shape index (κ1) is 19.6. The molecule has 1 aliphatic heterocycles. The molecule has 1 aromatic carbocycles. The van der Waals surface area contributed by atoms with Crippen LogP contribution in [-0.2, 0) is 24.1 Å². The van der Waals surface area contributed by atoms with Crippen LogP contribution >= 0.6 is 11.8 Å². The Morgan fingerprint density at radius 1 is 1.19 bits per heavy atom. The maximum Gasteiger partial charge on any atom is 0.167 e. The molecule has 0 saturated carbocycles. The zero-order valence-corrected chi connectivity index (χ0v) is 17.1. The highest BCUT2D eigenvalue weighted by atomic mass is 32.2. The predicted molar refractivity (Wildman–Crippen MR) is 115 cm³/mol. The summed E-state index contributed by atoms with van der Waals surface area (Å²) < 4.78 is 0. The molecule has 3 rings (SSSR count). The number of nitrogens with zero attached hydrogens (tertiary/aromatic N) is 2. The van der Waals surface area contributed by atoms with Gasteiger partial charge in [-0.2, -0.15) is 0 Å². The zero-order chi connectivity index (χ0) is 19.2. The predicted octanol–water partition coefficient (Wildman–Crippen LogP) is 5.34. The summed E-state index contributed by atoms with van der Waals surface area (Å²) >= 11 is 1.87. The van der Waals surface area contributed by atoms with E-state index < -0.39 is 0 Å². The minimum atomic E-state index is 0.446. The number of hydrogen-bond acceptors (Lipinski definition) is 5. The smallest absolute Gasteiger partial charge is 0.167 e. The normalized spacial score (nSPS) is 16.7. The number of aryl methyl sites for hydroxylation is 1. The fourth-order valence-corrected chi connectivity index (χ4v) is 4.38. The Balaban J connectivity index is 1.95. The van der Waals surface area contributed by atoms with Crippen molar-refractivity contribution < 1.29 is 4.79 Å². The lowest BCUT2D eigenvalue weighted by Crippen LogP contribution is -2.10. The first-order chi connectivity index (χ1) is 13.1. The van der Waals surface area contributed by atoms with Gasteiger partial charge in [-0.1, -0.05) is 39.0 Å². The van der Waals surface area contributed by atoms with Gasteiger partial charge < -0.3 is 10.1 Å². The Morgan fingerprint density at radius 2 is 1.96 bits per heavy atom. The van der Waals surface area contributed by atoms with Gasteiger partial charge in [0.05, 0.1) is 0 Å². The summed E-state index contributed by atoms with van der Waals surface area (Å²) in [5.74, 6) is 1.72. The topological polar surface area (TPSA) is 54.9 Å². The zero-order valence-electron chi connectivity index (χ0n) is 16.3. The molecule has 1 aliphatic rings. The summed E-state index contributed by atoms with van der Waals surface area (Å²) in [6, 6.07) is 7.96. The number of rotatable bonds is 7. The van der Waals surface area contributed by atoms with Crippen molar-refractivity contribution in [1.29, 1.82) is 0 Å². The molecule has 5 heteroatoms. The van der Waals surface area contributed by atoms with E-state index in [0.717, 1.165) is 54.1 Å². The minimum absolute atomic E-state index is 0.446. The summed E-state index contributed by atoms with van der Waals surface area (Å²) in [6.07, 6.45) is 7.71. The van der Waals surface area contributed by atoms with E-state index in [0.29, 0.717) is 11.7 Å². The third-order valence-electron chi connectivity index (χ3n) is 4.77. The standard InChI is InChI=1S/C22H27N3OS/c1-4-18-19(5-2)24-22(20-8-6-7-15(3)27-20)25-21(18)23-17-11-9-16(10-12-17)13-14-26/h8-12,14-15H,4-7,13H2,1-3H3,(H,23,24,25). The number of carbonyl (C=O) groups excluding carboxylic acids is 1. The molecule has 1 N–H and O–H groups in total. The highest BCUT2D eigenvalue weighted by molar-refractivity contribution is 8.08. The van der Waals surface area contributed by atoms with Gasteiger partial charge in [0, 0.05) is 33.5 Å². The Kier molecular flexibility index (Phi) is 6.67. The van der Waals surface area contributed by atoms with Crippen LogP contribution in [0, 0.1) is 0 Å². The Hall–Kier alpha value is -2.14. The number of aldehydes is 1. The van der Waals surface area contributed by atoms with Crippen molar-refractivity contribution in [3.63, 3.8) is 0 Å². The summed E-state index contributed by atoms with van der Waals surface area (Å²) in [6.45, 7) is 6.56. The molecule has 1 atom stereocenters. The van der Waals surface area contributed by atoms with Crippen LogP contribution in [0.1, 0.15) is 56.3 Å². The number of anilines is 2. The number of carbonyl (C=O) groups is 1. The van der Waals surface area contributed by atoms with Gasteiger partial charge in [0.1, 0.15) is 12.1 Å². The molecule has 0 fully saturated rings. The molecule has 0 bridgehead atoms. The summed E-state index contributed by atoms with van der Waals surface area (Å²) in [5, 5.41) is 4.09. The second-order valence-corrected chi connectivity index (χ2v) is 8.28. The molecular formula is C22H27N3OS. The van der Waals surface area contributed by atoms with Crippen LogP contribution in [0.5, 0.6) is 0 Å². The third kappa shape index (κ3) is 4.78. The Morgan fingerprint density at radius 3 is 2.59 bits per heavy atom. The van der Waals surface area contributed by atoms with E-state index in [1.807, 2.05) is 36.0 Å². The minimum Gasteiger partial charge on any atom is -0.340 e. The van der Waals surface area contributed by atoms with Crippen LogP contribution in [0.2, 0.25) is 0 Å². The van der Waals surface area contributed by atoms with Gasteiger partial charge in [0.15, 0.2) is 5.82 Å². The molecule has 0 saturated heterocycles. The molecule has 4 nitrogen and oxygen atoms in total. The van der Waals surface area contributed by atoms with Crippen molar-refractivity contribution in [2.45, 2.75) is 58.1 Å². The first-order valence-corrected chi connectivity index (χ1v) is 10.6. The SMILES string of the molecule is CCc1nc(C2=CCCC(C)S2)nc(Nc2ccc(CC=O)cc2)c1CC. The highest BCUT2D eigenvalue weighted by Gasteiger charge is 2.19. The number of aromatic nitrogens is 2. The van der Waals surface area contributed by atoms with E-state index in [1.165, 1.54) is 16.9 Å². The lowest BCUT2D eigenvalue weighted by atomic mass is 10.1. The fraction of sp³-hybridized carbons (Fsp3) is 0.409. The number of benzene rings is 1. The third-order valence-corrected chi connectivity index (χ3v) is 6.01. The van der Waals surface area contributed by atoms with Crippen molar-refractivity contribution in [2.75, 3.05) is 5.32 Å². The van der Waals surface area contributed by atoms with Gasteiger partial charge in [-0.25, -0.2) is 9.97 Å². The van der Waals surface area contributed by atoms with Gasteiger partial charge in [-0.3, -0.25) is 0 Å². The first-order valence-electron chi connectivity index (χ1n) is 9.71. The van der Waals surface area contributed by atoms with Crippen LogP contribution in [0.25, 0.3) is 4.91 Å². The average Bonchev–Trinajstić information content (AvgIpc) is 2.69. The molecule has 1 aromatic heterocycles. The summed E-state index contributed by atoms with van der Waals surface area (Å²) in [7, 11) is 0. The average molecular weight is 382 g/mol. The lowest BCUT2D eigenvalue weighted by Gasteiger charge is -2.20. The van der Waals surface area contributed by atoms with E-state index >= 15 is 0 Å².